The average molecular weight is 312 g/mol. The molecule has 1 aromatic carbocycles. The van der Waals surface area contributed by atoms with E-state index < -0.39 is 44.4 Å². The Morgan fingerprint density at radius 3 is 2.29 bits per heavy atom. The van der Waals surface area contributed by atoms with Crippen LogP contribution in [-0.2, 0) is 10.0 Å². The lowest BCUT2D eigenvalue weighted by molar-refractivity contribution is -0.387. The molecule has 0 spiro atoms. The van der Waals surface area contributed by atoms with E-state index in [0.29, 0.717) is 10.4 Å². The van der Waals surface area contributed by atoms with Crippen molar-refractivity contribution < 1.29 is 17.7 Å². The summed E-state index contributed by atoms with van der Waals surface area (Å²) in [4.78, 5) is 9.12. The van der Waals surface area contributed by atoms with Crippen molar-refractivity contribution in [1.29, 1.82) is 10.5 Å². The van der Waals surface area contributed by atoms with Gasteiger partial charge < -0.3 is 0 Å². The van der Waals surface area contributed by atoms with Crippen molar-refractivity contribution >= 4 is 15.7 Å². The summed E-state index contributed by atoms with van der Waals surface area (Å²) in [7, 11) is -4.31. The largest absolute Gasteiger partial charge is 0.306 e. The maximum Gasteiger partial charge on any atom is 0.306 e. The lowest BCUT2D eigenvalue weighted by Crippen LogP contribution is -2.32. The molecule has 1 rings (SSSR count). The molecular formula is C11H9FN4O4S. The lowest BCUT2D eigenvalue weighted by atomic mass is 10.2. The first kappa shape index (κ1) is 16.5. The van der Waals surface area contributed by atoms with Crippen LogP contribution in [0.5, 0.6) is 0 Å². The fraction of sp³-hybridized carbons (Fsp3) is 0.273. The summed E-state index contributed by atoms with van der Waals surface area (Å²) < 4.78 is 38.6. The van der Waals surface area contributed by atoms with Crippen LogP contribution >= 0.6 is 0 Å². The third kappa shape index (κ3) is 3.31. The Balaban J connectivity index is 3.51. The SMILES string of the molecule is Cc1cc(F)c([N+](=O)[O-])cc1S(=O)(=O)N(CC#N)CC#N. The van der Waals surface area contributed by atoms with Gasteiger partial charge in [-0.05, 0) is 18.6 Å². The first-order chi connectivity index (χ1) is 9.75. The van der Waals surface area contributed by atoms with Crippen LogP contribution in [0, 0.1) is 45.5 Å². The summed E-state index contributed by atoms with van der Waals surface area (Å²) in [5, 5.41) is 27.9. The zero-order valence-electron chi connectivity index (χ0n) is 10.8. The van der Waals surface area contributed by atoms with Crippen molar-refractivity contribution in [2.45, 2.75) is 11.8 Å². The van der Waals surface area contributed by atoms with Crippen molar-refractivity contribution in [2.24, 2.45) is 0 Å². The standard InChI is InChI=1S/C11H9FN4O4S/c1-8-6-9(12)10(16(17)18)7-11(8)21(19,20)15(4-2-13)5-3-14/h6-7H,4-5H2,1H3. The predicted octanol–water partition coefficient (Wildman–Crippen LogP) is 1.08. The Labute approximate surface area is 119 Å². The number of nitrogens with zero attached hydrogens (tertiary/aromatic N) is 4. The van der Waals surface area contributed by atoms with Crippen LogP contribution in [-0.4, -0.2) is 30.7 Å². The van der Waals surface area contributed by atoms with E-state index in [9.17, 15) is 22.9 Å². The molecule has 1 aromatic rings. The van der Waals surface area contributed by atoms with Gasteiger partial charge in [-0.2, -0.15) is 19.2 Å². The molecule has 8 nitrogen and oxygen atoms in total. The zero-order chi connectivity index (χ0) is 16.2. The molecule has 0 unspecified atom stereocenters. The van der Waals surface area contributed by atoms with E-state index in [4.69, 9.17) is 10.5 Å². The maximum atomic E-state index is 13.4. The Morgan fingerprint density at radius 2 is 1.86 bits per heavy atom. The minimum atomic E-state index is -4.31. The molecule has 0 saturated carbocycles. The molecule has 0 atom stereocenters. The first-order valence-corrected chi connectivity index (χ1v) is 6.88. The molecule has 0 saturated heterocycles. The average Bonchev–Trinajstić information content (AvgIpc) is 2.37. The van der Waals surface area contributed by atoms with Crippen LogP contribution in [0.1, 0.15) is 5.56 Å². The highest BCUT2D eigenvalue weighted by atomic mass is 32.2. The molecular weight excluding hydrogens is 303 g/mol. The maximum absolute atomic E-state index is 13.4. The van der Waals surface area contributed by atoms with Gasteiger partial charge in [0, 0.05) is 6.07 Å². The molecule has 0 aliphatic rings. The summed E-state index contributed by atoms with van der Waals surface area (Å²) in [5.41, 5.74) is -1.05. The van der Waals surface area contributed by atoms with Gasteiger partial charge in [-0.1, -0.05) is 0 Å². The summed E-state index contributed by atoms with van der Waals surface area (Å²) in [6, 6.07) is 4.48. The van der Waals surface area contributed by atoms with Gasteiger partial charge in [0.25, 0.3) is 0 Å². The van der Waals surface area contributed by atoms with E-state index >= 15 is 0 Å². The second kappa shape index (κ2) is 6.26. The van der Waals surface area contributed by atoms with Crippen molar-refractivity contribution in [1.82, 2.24) is 4.31 Å². The molecule has 0 aliphatic carbocycles. The quantitative estimate of drug-likeness (QED) is 0.454. The molecule has 21 heavy (non-hydrogen) atoms. The van der Waals surface area contributed by atoms with E-state index in [1.165, 1.54) is 6.92 Å². The summed E-state index contributed by atoms with van der Waals surface area (Å²) >= 11 is 0. The van der Waals surface area contributed by atoms with Gasteiger partial charge in [-0.3, -0.25) is 10.1 Å². The van der Waals surface area contributed by atoms with Crippen molar-refractivity contribution in [3.63, 3.8) is 0 Å². The molecule has 10 heteroatoms. The van der Waals surface area contributed by atoms with E-state index in [2.05, 4.69) is 0 Å². The molecule has 0 N–H and O–H groups in total. The Kier molecular flexibility index (Phi) is 4.92. The summed E-state index contributed by atoms with van der Waals surface area (Å²) in [6.07, 6.45) is 0. The third-order valence-electron chi connectivity index (χ3n) is 2.55. The predicted molar refractivity (Wildman–Crippen MR) is 67.8 cm³/mol. The second-order valence-corrected chi connectivity index (χ2v) is 5.82. The van der Waals surface area contributed by atoms with Gasteiger partial charge in [-0.15, -0.1) is 0 Å². The number of nitro groups is 1. The van der Waals surface area contributed by atoms with Crippen LogP contribution in [0.15, 0.2) is 17.0 Å². The Morgan fingerprint density at radius 1 is 1.33 bits per heavy atom. The fourth-order valence-corrected chi connectivity index (χ4v) is 3.04. The number of sulfonamides is 1. The third-order valence-corrected chi connectivity index (χ3v) is 4.49. The summed E-state index contributed by atoms with van der Waals surface area (Å²) in [5.74, 6) is -1.16. The monoisotopic (exact) mass is 312 g/mol. The van der Waals surface area contributed by atoms with Gasteiger partial charge in [0.15, 0.2) is 0 Å². The number of aryl methyl sites for hydroxylation is 1. The minimum Gasteiger partial charge on any atom is -0.258 e. The van der Waals surface area contributed by atoms with Crippen LogP contribution in [0.25, 0.3) is 0 Å². The highest BCUT2D eigenvalue weighted by Crippen LogP contribution is 2.27. The number of nitriles is 2. The van der Waals surface area contributed by atoms with Crippen LogP contribution in [0.2, 0.25) is 0 Å². The topological polar surface area (TPSA) is 128 Å². The van der Waals surface area contributed by atoms with E-state index in [-0.39, 0.29) is 5.56 Å². The molecule has 0 amide bonds. The van der Waals surface area contributed by atoms with Gasteiger partial charge in [0.1, 0.15) is 13.1 Å². The number of hydrogen-bond donors (Lipinski definition) is 0. The molecule has 0 bridgehead atoms. The van der Waals surface area contributed by atoms with Gasteiger partial charge in [0.2, 0.25) is 15.8 Å². The van der Waals surface area contributed by atoms with Gasteiger partial charge in [-0.25, -0.2) is 8.42 Å². The normalized spacial score (nSPS) is 10.9. The van der Waals surface area contributed by atoms with Crippen molar-refractivity contribution in [2.75, 3.05) is 13.1 Å². The number of nitro benzene ring substituents is 1. The van der Waals surface area contributed by atoms with Crippen molar-refractivity contribution in [3.05, 3.63) is 33.6 Å². The molecule has 0 fully saturated rings. The minimum absolute atomic E-state index is 0.0565. The first-order valence-electron chi connectivity index (χ1n) is 5.44. The fourth-order valence-electron chi connectivity index (χ4n) is 1.58. The van der Waals surface area contributed by atoms with E-state index in [1.807, 2.05) is 0 Å². The van der Waals surface area contributed by atoms with Gasteiger partial charge >= 0.3 is 5.69 Å². The highest BCUT2D eigenvalue weighted by molar-refractivity contribution is 7.89. The second-order valence-electron chi connectivity index (χ2n) is 3.92. The number of hydrogen-bond acceptors (Lipinski definition) is 6. The van der Waals surface area contributed by atoms with Gasteiger partial charge in [0.05, 0.1) is 22.0 Å². The van der Waals surface area contributed by atoms with E-state index in [1.54, 1.807) is 12.1 Å². The molecule has 0 radical (unpaired) electrons. The summed E-state index contributed by atoms with van der Waals surface area (Å²) in [6.45, 7) is 0.0671. The Hall–Kier alpha value is -2.56. The van der Waals surface area contributed by atoms with Crippen LogP contribution in [0.3, 0.4) is 0 Å². The molecule has 110 valence electrons. The molecule has 0 aliphatic heterocycles. The van der Waals surface area contributed by atoms with Crippen LogP contribution in [0.4, 0.5) is 10.1 Å². The highest BCUT2D eigenvalue weighted by Gasteiger charge is 2.29. The zero-order valence-corrected chi connectivity index (χ0v) is 11.6. The van der Waals surface area contributed by atoms with Crippen LogP contribution < -0.4 is 0 Å². The van der Waals surface area contributed by atoms with Crippen molar-refractivity contribution in [3.8, 4) is 12.1 Å². The van der Waals surface area contributed by atoms with E-state index in [0.717, 1.165) is 6.07 Å². The Bertz CT molecular complexity index is 748. The smallest absolute Gasteiger partial charge is 0.258 e. The number of halogens is 1. The lowest BCUT2D eigenvalue weighted by Gasteiger charge is -2.17. The number of rotatable bonds is 5. The molecule has 0 heterocycles. The number of benzene rings is 1. The molecule has 0 aromatic heterocycles.